The fourth-order valence-electron chi connectivity index (χ4n) is 2.97. The summed E-state index contributed by atoms with van der Waals surface area (Å²) in [7, 11) is 3.69. The summed E-state index contributed by atoms with van der Waals surface area (Å²) in [5.74, 6) is 0. The predicted molar refractivity (Wildman–Crippen MR) is 89.8 cm³/mol. The van der Waals surface area contributed by atoms with Gasteiger partial charge < -0.3 is 9.80 Å². The zero-order valence-corrected chi connectivity index (χ0v) is 13.7. The van der Waals surface area contributed by atoms with E-state index in [1.165, 1.54) is 15.9 Å². The summed E-state index contributed by atoms with van der Waals surface area (Å²) in [6.07, 6.45) is 1.67. The Labute approximate surface area is 134 Å². The van der Waals surface area contributed by atoms with E-state index in [1.54, 1.807) is 13.2 Å². The molecule has 0 unspecified atom stereocenters. The lowest BCUT2D eigenvalue weighted by molar-refractivity contribution is 0.633. The molecule has 6 heteroatoms. The number of hydrogen-bond acceptors (Lipinski definition) is 4. The summed E-state index contributed by atoms with van der Waals surface area (Å²) in [5, 5.41) is 4.35. The smallest absolute Gasteiger partial charge is 0.287 e. The van der Waals surface area contributed by atoms with Crippen molar-refractivity contribution in [3.8, 4) is 0 Å². The highest BCUT2D eigenvalue weighted by Gasteiger charge is 2.26. The molecule has 0 spiro atoms. The van der Waals surface area contributed by atoms with E-state index in [9.17, 15) is 4.79 Å². The largest absolute Gasteiger partial charge is 0.372 e. The van der Waals surface area contributed by atoms with Crippen LogP contribution in [0.15, 0.2) is 35.3 Å². The maximum absolute atomic E-state index is 12.1. The lowest BCUT2D eigenvalue weighted by atomic mass is 10.1. The van der Waals surface area contributed by atoms with Gasteiger partial charge >= 0.3 is 0 Å². The molecule has 5 nitrogen and oxygen atoms in total. The maximum atomic E-state index is 12.1. The Morgan fingerprint density at radius 3 is 2.73 bits per heavy atom. The standard InChI is InChI=1S/C16H19ClN4O/c1-11-9-19(2)13-7-5-4-6-12(13)10-21(11)14-8-18-20(3)16(22)15(14)17/h4-8,11H,9-10H2,1-3H3/t11-/m1/s1. The molecule has 1 aromatic heterocycles. The van der Waals surface area contributed by atoms with Gasteiger partial charge in [0, 0.05) is 38.9 Å². The van der Waals surface area contributed by atoms with Crippen molar-refractivity contribution in [1.29, 1.82) is 0 Å². The molecule has 0 N–H and O–H groups in total. The van der Waals surface area contributed by atoms with E-state index in [1.807, 2.05) is 12.1 Å². The number of benzene rings is 1. The first-order valence-electron chi connectivity index (χ1n) is 7.26. The Kier molecular flexibility index (Phi) is 3.83. The number of rotatable bonds is 1. The van der Waals surface area contributed by atoms with Crippen molar-refractivity contribution in [1.82, 2.24) is 9.78 Å². The first kappa shape index (κ1) is 14.9. The van der Waals surface area contributed by atoms with Crippen LogP contribution in [0.3, 0.4) is 0 Å². The minimum atomic E-state index is -0.266. The van der Waals surface area contributed by atoms with Crippen molar-refractivity contribution in [2.75, 3.05) is 23.4 Å². The molecule has 2 heterocycles. The molecule has 22 heavy (non-hydrogen) atoms. The van der Waals surface area contributed by atoms with Gasteiger partial charge in [-0.15, -0.1) is 0 Å². The van der Waals surface area contributed by atoms with Crippen LogP contribution in [0.4, 0.5) is 11.4 Å². The van der Waals surface area contributed by atoms with E-state index in [2.05, 4.69) is 41.0 Å². The van der Waals surface area contributed by atoms with Crippen molar-refractivity contribution in [2.24, 2.45) is 7.05 Å². The second-order valence-electron chi connectivity index (χ2n) is 5.76. The molecule has 0 saturated heterocycles. The van der Waals surface area contributed by atoms with Crippen LogP contribution in [0.2, 0.25) is 5.02 Å². The zero-order chi connectivity index (χ0) is 15.9. The quantitative estimate of drug-likeness (QED) is 0.809. The van der Waals surface area contributed by atoms with Crippen LogP contribution in [-0.4, -0.2) is 29.4 Å². The van der Waals surface area contributed by atoms with E-state index >= 15 is 0 Å². The van der Waals surface area contributed by atoms with Gasteiger partial charge in [-0.3, -0.25) is 4.79 Å². The van der Waals surface area contributed by atoms with Gasteiger partial charge in [0.25, 0.3) is 5.56 Å². The molecule has 1 aromatic carbocycles. The van der Waals surface area contributed by atoms with E-state index in [4.69, 9.17) is 11.6 Å². The summed E-state index contributed by atoms with van der Waals surface area (Å²) in [5.41, 5.74) is 2.86. The number of para-hydroxylation sites is 1. The number of halogens is 1. The molecule has 0 fully saturated rings. The van der Waals surface area contributed by atoms with Crippen LogP contribution in [0.5, 0.6) is 0 Å². The predicted octanol–water partition coefficient (Wildman–Crippen LogP) is 2.28. The molecule has 1 aliphatic heterocycles. The highest BCUT2D eigenvalue weighted by atomic mass is 35.5. The number of hydrogen-bond donors (Lipinski definition) is 0. The van der Waals surface area contributed by atoms with Crippen LogP contribution in [-0.2, 0) is 13.6 Å². The number of likely N-dealkylation sites (N-methyl/N-ethyl adjacent to an activating group) is 1. The molecular weight excluding hydrogens is 300 g/mol. The Morgan fingerprint density at radius 2 is 1.95 bits per heavy atom. The topological polar surface area (TPSA) is 41.4 Å². The van der Waals surface area contributed by atoms with E-state index in [-0.39, 0.29) is 16.6 Å². The average molecular weight is 319 g/mol. The normalized spacial score (nSPS) is 18.1. The van der Waals surface area contributed by atoms with Crippen molar-refractivity contribution in [3.05, 3.63) is 51.4 Å². The highest BCUT2D eigenvalue weighted by Crippen LogP contribution is 2.31. The van der Waals surface area contributed by atoms with Gasteiger partial charge in [-0.25, -0.2) is 4.68 Å². The summed E-state index contributed by atoms with van der Waals surface area (Å²) in [6.45, 7) is 3.69. The molecule has 116 valence electrons. The fraction of sp³-hybridized carbons (Fsp3) is 0.375. The SMILES string of the molecule is C[C@@H]1CN(C)c2ccccc2CN1c1cnn(C)c(=O)c1Cl. The van der Waals surface area contributed by atoms with Crippen LogP contribution < -0.4 is 15.4 Å². The third kappa shape index (κ3) is 2.46. The van der Waals surface area contributed by atoms with Gasteiger partial charge in [0.1, 0.15) is 5.02 Å². The Hall–Kier alpha value is -2.01. The van der Waals surface area contributed by atoms with Gasteiger partial charge in [0.05, 0.1) is 11.9 Å². The van der Waals surface area contributed by atoms with Gasteiger partial charge in [-0.2, -0.15) is 5.10 Å². The number of aryl methyl sites for hydroxylation is 1. The molecular formula is C16H19ClN4O. The minimum Gasteiger partial charge on any atom is -0.372 e. The molecule has 1 aliphatic rings. The van der Waals surface area contributed by atoms with Crippen molar-refractivity contribution < 1.29 is 0 Å². The van der Waals surface area contributed by atoms with Gasteiger partial charge in [0.15, 0.2) is 0 Å². The second kappa shape index (κ2) is 5.65. The first-order valence-corrected chi connectivity index (χ1v) is 7.64. The molecule has 0 bridgehead atoms. The highest BCUT2D eigenvalue weighted by molar-refractivity contribution is 6.33. The summed E-state index contributed by atoms with van der Waals surface area (Å²) < 4.78 is 1.26. The van der Waals surface area contributed by atoms with Crippen LogP contribution in [0, 0.1) is 0 Å². The Balaban J connectivity index is 2.08. The minimum absolute atomic E-state index is 0.212. The maximum Gasteiger partial charge on any atom is 0.287 e. The Bertz CT molecular complexity index is 758. The van der Waals surface area contributed by atoms with Crippen molar-refractivity contribution in [3.63, 3.8) is 0 Å². The lowest BCUT2D eigenvalue weighted by Crippen LogP contribution is -2.39. The number of nitrogens with zero attached hydrogens (tertiary/aromatic N) is 4. The summed E-state index contributed by atoms with van der Waals surface area (Å²) >= 11 is 6.29. The van der Waals surface area contributed by atoms with Gasteiger partial charge in [-0.05, 0) is 18.6 Å². The average Bonchev–Trinajstić information content (AvgIpc) is 2.63. The Morgan fingerprint density at radius 1 is 1.23 bits per heavy atom. The zero-order valence-electron chi connectivity index (χ0n) is 13.0. The third-order valence-electron chi connectivity index (χ3n) is 4.18. The fourth-order valence-corrected chi connectivity index (χ4v) is 3.25. The second-order valence-corrected chi connectivity index (χ2v) is 6.14. The van der Waals surface area contributed by atoms with Crippen LogP contribution in [0.25, 0.3) is 0 Å². The molecule has 0 saturated carbocycles. The van der Waals surface area contributed by atoms with Crippen LogP contribution >= 0.6 is 11.6 Å². The number of aromatic nitrogens is 2. The van der Waals surface area contributed by atoms with Crippen LogP contribution in [0.1, 0.15) is 12.5 Å². The summed E-state index contributed by atoms with van der Waals surface area (Å²) in [4.78, 5) is 16.5. The molecule has 1 atom stereocenters. The lowest BCUT2D eigenvalue weighted by Gasteiger charge is -2.30. The van der Waals surface area contributed by atoms with E-state index in [0.29, 0.717) is 12.2 Å². The van der Waals surface area contributed by atoms with Gasteiger partial charge in [-0.1, -0.05) is 29.8 Å². The molecule has 0 aliphatic carbocycles. The van der Waals surface area contributed by atoms with E-state index in [0.717, 1.165) is 6.54 Å². The monoisotopic (exact) mass is 318 g/mol. The molecule has 2 aromatic rings. The molecule has 3 rings (SSSR count). The molecule has 0 amide bonds. The van der Waals surface area contributed by atoms with Crippen molar-refractivity contribution >= 4 is 23.0 Å². The van der Waals surface area contributed by atoms with E-state index < -0.39 is 0 Å². The van der Waals surface area contributed by atoms with Gasteiger partial charge in [0.2, 0.25) is 0 Å². The summed E-state index contributed by atoms with van der Waals surface area (Å²) in [6, 6.07) is 8.52. The number of fused-ring (bicyclic) bond motifs is 1. The first-order chi connectivity index (χ1) is 10.5. The number of anilines is 2. The molecule has 0 radical (unpaired) electrons. The van der Waals surface area contributed by atoms with Crippen molar-refractivity contribution in [2.45, 2.75) is 19.5 Å². The third-order valence-corrected chi connectivity index (χ3v) is 4.54.